The van der Waals surface area contributed by atoms with Gasteiger partial charge in [0.25, 0.3) is 0 Å². The van der Waals surface area contributed by atoms with E-state index in [9.17, 15) is 0 Å². The van der Waals surface area contributed by atoms with E-state index in [1.165, 1.54) is 12.8 Å². The molecule has 6 nitrogen and oxygen atoms in total. The lowest BCUT2D eigenvalue weighted by Gasteiger charge is -2.13. The average molecular weight is 397 g/mol. The molecule has 1 aromatic heterocycles. The smallest absolute Gasteiger partial charge is 0.222 e. The summed E-state index contributed by atoms with van der Waals surface area (Å²) in [6.07, 6.45) is 3.23. The number of aryl methyl sites for hydroxylation is 1. The molecule has 7 heteroatoms. The van der Waals surface area contributed by atoms with Crippen molar-refractivity contribution in [2.75, 3.05) is 25.2 Å². The first-order valence-electron chi connectivity index (χ1n) is 9.09. The van der Waals surface area contributed by atoms with Gasteiger partial charge < -0.3 is 21.3 Å². The molecule has 0 aliphatic heterocycles. The van der Waals surface area contributed by atoms with Gasteiger partial charge in [0.05, 0.1) is 7.11 Å². The number of hydrogen-bond acceptors (Lipinski definition) is 6. The van der Waals surface area contributed by atoms with Crippen LogP contribution in [0.1, 0.15) is 56.0 Å². The highest BCUT2D eigenvalue weighted by Gasteiger charge is 2.12. The Hall–Kier alpha value is -2.05. The van der Waals surface area contributed by atoms with Crippen molar-refractivity contribution in [3.05, 3.63) is 40.6 Å². The van der Waals surface area contributed by atoms with Gasteiger partial charge in [0.15, 0.2) is 0 Å². The van der Waals surface area contributed by atoms with Gasteiger partial charge in [0.1, 0.15) is 11.6 Å². The van der Waals surface area contributed by atoms with E-state index in [1.807, 2.05) is 25.1 Å². The van der Waals surface area contributed by atoms with Gasteiger partial charge in [0.2, 0.25) is 5.95 Å². The molecule has 0 saturated heterocycles. The van der Waals surface area contributed by atoms with E-state index in [4.69, 9.17) is 32.9 Å². The number of nitrogens with two attached hydrogens (primary N) is 2. The van der Waals surface area contributed by atoms with E-state index < -0.39 is 0 Å². The Kier molecular flexibility index (Phi) is 13.0. The minimum atomic E-state index is 0.188. The lowest BCUT2D eigenvalue weighted by Crippen LogP contribution is -2.08. The van der Waals surface area contributed by atoms with E-state index in [0.29, 0.717) is 18.1 Å². The zero-order valence-electron chi connectivity index (χ0n) is 17.1. The number of nitrogens with zero attached hydrogens (tertiary/aromatic N) is 2. The molecule has 0 amide bonds. The fourth-order valence-corrected chi connectivity index (χ4v) is 2.23. The van der Waals surface area contributed by atoms with Crippen molar-refractivity contribution < 1.29 is 9.84 Å². The second kappa shape index (κ2) is 14.1. The van der Waals surface area contributed by atoms with Crippen molar-refractivity contribution in [3.63, 3.8) is 0 Å². The van der Waals surface area contributed by atoms with Crippen molar-refractivity contribution in [2.24, 2.45) is 0 Å². The highest BCUT2D eigenvalue weighted by Crippen LogP contribution is 2.26. The Labute approximate surface area is 167 Å². The van der Waals surface area contributed by atoms with Gasteiger partial charge in [-0.15, -0.1) is 11.6 Å². The SMILES string of the molecule is CCCC.CCO.COc1cc(CCl)ccc1Cc1c(C)nc(N)nc1N. The van der Waals surface area contributed by atoms with Gasteiger partial charge >= 0.3 is 0 Å². The number of hydrogen-bond donors (Lipinski definition) is 3. The number of halogens is 1. The number of unbranched alkanes of at least 4 members (excludes halogenated alkanes) is 1. The molecule has 0 fully saturated rings. The number of nitrogen functional groups attached to an aromatic ring is 2. The first-order chi connectivity index (χ1) is 12.9. The zero-order valence-corrected chi connectivity index (χ0v) is 17.8. The molecule has 1 heterocycles. The first kappa shape index (κ1) is 24.9. The highest BCUT2D eigenvalue weighted by molar-refractivity contribution is 6.17. The number of aliphatic hydroxyl groups is 1. The lowest BCUT2D eigenvalue weighted by atomic mass is 10.0. The molecule has 27 heavy (non-hydrogen) atoms. The highest BCUT2D eigenvalue weighted by atomic mass is 35.5. The number of benzene rings is 1. The van der Waals surface area contributed by atoms with Gasteiger partial charge in [-0.2, -0.15) is 4.98 Å². The summed E-state index contributed by atoms with van der Waals surface area (Å²) in [6.45, 7) is 8.16. The zero-order chi connectivity index (χ0) is 20.8. The van der Waals surface area contributed by atoms with Crippen LogP contribution < -0.4 is 16.2 Å². The molecule has 0 spiro atoms. The summed E-state index contributed by atoms with van der Waals surface area (Å²) < 4.78 is 5.40. The molecular formula is C20H33ClN4O2. The monoisotopic (exact) mass is 396 g/mol. The standard InChI is InChI=1S/C14H17ClN4O.C4H10.C2H6O/c1-8-11(13(16)19-14(17)18-8)6-10-4-3-9(7-15)5-12(10)20-2;1-3-4-2;1-2-3/h3-5H,6-7H2,1-2H3,(H4,16,17,18,19);3-4H2,1-2H3;3H,2H2,1H3. The minimum absolute atomic E-state index is 0.188. The van der Waals surface area contributed by atoms with Crippen LogP contribution in [0, 0.1) is 6.92 Å². The number of ether oxygens (including phenoxy) is 1. The van der Waals surface area contributed by atoms with Crippen molar-refractivity contribution in [3.8, 4) is 5.75 Å². The van der Waals surface area contributed by atoms with E-state index in [1.54, 1.807) is 14.0 Å². The molecule has 0 unspecified atom stereocenters. The topological polar surface area (TPSA) is 107 Å². The van der Waals surface area contributed by atoms with Crippen LogP contribution in [0.25, 0.3) is 0 Å². The van der Waals surface area contributed by atoms with Gasteiger partial charge in [0, 0.05) is 30.2 Å². The van der Waals surface area contributed by atoms with Crippen LogP contribution in [-0.2, 0) is 12.3 Å². The summed E-state index contributed by atoms with van der Waals surface area (Å²) in [5.74, 6) is 1.81. The van der Waals surface area contributed by atoms with Gasteiger partial charge in [-0.05, 0) is 31.0 Å². The molecule has 0 bridgehead atoms. The number of methoxy groups -OCH3 is 1. The predicted octanol–water partition coefficient (Wildman–Crippen LogP) is 4.09. The van der Waals surface area contributed by atoms with Crippen LogP contribution in [0.5, 0.6) is 5.75 Å². The largest absolute Gasteiger partial charge is 0.496 e. The van der Waals surface area contributed by atoms with Crippen molar-refractivity contribution in [2.45, 2.75) is 52.8 Å². The molecule has 152 valence electrons. The molecule has 0 radical (unpaired) electrons. The summed E-state index contributed by atoms with van der Waals surface area (Å²) >= 11 is 5.83. The first-order valence-corrected chi connectivity index (χ1v) is 9.62. The maximum Gasteiger partial charge on any atom is 0.222 e. The van der Waals surface area contributed by atoms with Crippen LogP contribution in [0.3, 0.4) is 0 Å². The quantitative estimate of drug-likeness (QED) is 0.657. The third kappa shape index (κ3) is 8.93. The summed E-state index contributed by atoms with van der Waals surface area (Å²) in [6, 6.07) is 5.87. The van der Waals surface area contributed by atoms with Crippen molar-refractivity contribution in [1.82, 2.24) is 9.97 Å². The third-order valence-electron chi connectivity index (χ3n) is 3.64. The number of rotatable bonds is 5. The molecule has 0 aliphatic carbocycles. The Morgan fingerprint density at radius 1 is 1.11 bits per heavy atom. The molecule has 1 aromatic carbocycles. The van der Waals surface area contributed by atoms with Crippen molar-refractivity contribution in [1.29, 1.82) is 0 Å². The third-order valence-corrected chi connectivity index (χ3v) is 3.94. The fourth-order valence-electron chi connectivity index (χ4n) is 2.07. The summed E-state index contributed by atoms with van der Waals surface area (Å²) in [4.78, 5) is 8.15. The number of aromatic nitrogens is 2. The second-order valence-electron chi connectivity index (χ2n) is 5.80. The number of aliphatic hydroxyl groups excluding tert-OH is 1. The van der Waals surface area contributed by atoms with E-state index in [-0.39, 0.29) is 12.6 Å². The predicted molar refractivity (Wildman–Crippen MR) is 114 cm³/mol. The maximum absolute atomic E-state index is 7.57. The Bertz CT molecular complexity index is 656. The molecule has 0 aliphatic rings. The number of anilines is 2. The minimum Gasteiger partial charge on any atom is -0.496 e. The summed E-state index contributed by atoms with van der Waals surface area (Å²) in [5, 5.41) is 7.57. The Morgan fingerprint density at radius 2 is 1.70 bits per heavy atom. The van der Waals surface area contributed by atoms with Gasteiger partial charge in [-0.25, -0.2) is 4.98 Å². The van der Waals surface area contributed by atoms with E-state index in [2.05, 4.69) is 23.8 Å². The van der Waals surface area contributed by atoms with Crippen molar-refractivity contribution >= 4 is 23.4 Å². The van der Waals surface area contributed by atoms with E-state index in [0.717, 1.165) is 28.1 Å². The van der Waals surface area contributed by atoms with Crippen LogP contribution in [0.4, 0.5) is 11.8 Å². The Morgan fingerprint density at radius 3 is 2.15 bits per heavy atom. The van der Waals surface area contributed by atoms with Crippen LogP contribution in [0.2, 0.25) is 0 Å². The maximum atomic E-state index is 7.57. The van der Waals surface area contributed by atoms with E-state index >= 15 is 0 Å². The molecule has 5 N–H and O–H groups in total. The normalized spacial score (nSPS) is 9.59. The fraction of sp³-hybridized carbons (Fsp3) is 0.500. The van der Waals surface area contributed by atoms with Gasteiger partial charge in [-0.3, -0.25) is 0 Å². The lowest BCUT2D eigenvalue weighted by molar-refractivity contribution is 0.318. The summed E-state index contributed by atoms with van der Waals surface area (Å²) in [7, 11) is 1.63. The molecule has 2 rings (SSSR count). The molecular weight excluding hydrogens is 364 g/mol. The molecule has 2 aromatic rings. The second-order valence-corrected chi connectivity index (χ2v) is 6.07. The molecule has 0 atom stereocenters. The van der Waals surface area contributed by atoms with Crippen LogP contribution in [-0.4, -0.2) is 28.8 Å². The van der Waals surface area contributed by atoms with Crippen LogP contribution in [0.15, 0.2) is 18.2 Å². The van der Waals surface area contributed by atoms with Crippen LogP contribution >= 0.6 is 11.6 Å². The summed E-state index contributed by atoms with van der Waals surface area (Å²) in [5.41, 5.74) is 15.1. The average Bonchev–Trinajstić information content (AvgIpc) is 2.65. The molecule has 0 saturated carbocycles. The Balaban J connectivity index is 0.000000836. The number of alkyl halides is 1. The van der Waals surface area contributed by atoms with Gasteiger partial charge in [-0.1, -0.05) is 38.8 Å².